The molecule has 0 aromatic carbocycles. The summed E-state index contributed by atoms with van der Waals surface area (Å²) in [4.78, 5) is 4.50. The van der Waals surface area contributed by atoms with Gasteiger partial charge in [-0.15, -0.1) is 0 Å². The topological polar surface area (TPSA) is 62.7 Å². The van der Waals surface area contributed by atoms with E-state index in [4.69, 9.17) is 9.78 Å². The predicted octanol–water partition coefficient (Wildman–Crippen LogP) is 3.52. The van der Waals surface area contributed by atoms with Gasteiger partial charge in [-0.3, -0.25) is 0 Å². The molecule has 0 N–H and O–H groups in total. The van der Waals surface area contributed by atoms with Crippen LogP contribution >= 0.6 is 0 Å². The summed E-state index contributed by atoms with van der Waals surface area (Å²) in [5.41, 5.74) is 0. The Hall–Kier alpha value is -1.37. The second-order valence-corrected chi connectivity index (χ2v) is 4.92. The predicted molar refractivity (Wildman–Crippen MR) is 63.4 cm³/mol. The van der Waals surface area contributed by atoms with Crippen LogP contribution in [0.5, 0.6) is 0 Å². The fourth-order valence-corrected chi connectivity index (χ4v) is 2.38. The smallest absolute Gasteiger partial charge is 0.229 e. The molecule has 4 nitrogen and oxygen atoms in total. The zero-order chi connectivity index (χ0) is 12.1. The summed E-state index contributed by atoms with van der Waals surface area (Å²) >= 11 is 0. The minimum Gasteiger partial charge on any atom is -0.339 e. The first-order chi connectivity index (χ1) is 8.31. The molecule has 92 valence electrons. The molecule has 1 fully saturated rings. The van der Waals surface area contributed by atoms with Gasteiger partial charge < -0.3 is 4.52 Å². The summed E-state index contributed by atoms with van der Waals surface area (Å²) in [5, 5.41) is 12.7. The van der Waals surface area contributed by atoms with E-state index in [2.05, 4.69) is 16.2 Å². The Morgan fingerprint density at radius 2 is 2.18 bits per heavy atom. The number of aromatic nitrogens is 2. The molecule has 1 aliphatic carbocycles. The van der Waals surface area contributed by atoms with Crippen LogP contribution < -0.4 is 0 Å². The van der Waals surface area contributed by atoms with E-state index < -0.39 is 0 Å². The van der Waals surface area contributed by atoms with Gasteiger partial charge in [0.25, 0.3) is 0 Å². The minimum absolute atomic E-state index is 0.194. The van der Waals surface area contributed by atoms with Gasteiger partial charge in [-0.25, -0.2) is 0 Å². The van der Waals surface area contributed by atoms with Crippen molar-refractivity contribution in [3.8, 4) is 6.07 Å². The lowest BCUT2D eigenvalue weighted by atomic mass is 9.89. The molecule has 1 saturated carbocycles. The third-order valence-electron chi connectivity index (χ3n) is 3.54. The van der Waals surface area contributed by atoms with Crippen molar-refractivity contribution in [3.63, 3.8) is 0 Å². The average Bonchev–Trinajstić information content (AvgIpc) is 2.86. The molecule has 0 aliphatic heterocycles. The SMILES string of the molecule is CC(CCC#N)c1nc(C2CCCCC2)no1. The molecule has 0 spiro atoms. The second-order valence-electron chi connectivity index (χ2n) is 4.92. The van der Waals surface area contributed by atoms with Gasteiger partial charge in [0, 0.05) is 18.3 Å². The van der Waals surface area contributed by atoms with Gasteiger partial charge in [0.2, 0.25) is 5.89 Å². The monoisotopic (exact) mass is 233 g/mol. The number of rotatable bonds is 4. The standard InChI is InChI=1S/C13H19N3O/c1-10(6-5-9-14)13-15-12(16-17-13)11-7-3-2-4-8-11/h10-11H,2-8H2,1H3. The van der Waals surface area contributed by atoms with Crippen LogP contribution in [0.3, 0.4) is 0 Å². The molecular formula is C13H19N3O. The third-order valence-corrected chi connectivity index (χ3v) is 3.54. The molecule has 4 heteroatoms. The lowest BCUT2D eigenvalue weighted by Crippen LogP contribution is -2.06. The van der Waals surface area contributed by atoms with Gasteiger partial charge in [-0.05, 0) is 19.3 Å². The van der Waals surface area contributed by atoms with Crippen molar-refractivity contribution in [1.29, 1.82) is 5.26 Å². The van der Waals surface area contributed by atoms with Crippen molar-refractivity contribution in [3.05, 3.63) is 11.7 Å². The Morgan fingerprint density at radius 3 is 2.88 bits per heavy atom. The summed E-state index contributed by atoms with van der Waals surface area (Å²) in [6.45, 7) is 2.04. The van der Waals surface area contributed by atoms with E-state index in [1.54, 1.807) is 0 Å². The lowest BCUT2D eigenvalue weighted by Gasteiger charge is -2.17. The molecule has 17 heavy (non-hydrogen) atoms. The summed E-state index contributed by atoms with van der Waals surface area (Å²) in [5.74, 6) is 2.26. The van der Waals surface area contributed by atoms with Crippen molar-refractivity contribution in [1.82, 2.24) is 10.1 Å². The van der Waals surface area contributed by atoms with Crippen LogP contribution in [0.25, 0.3) is 0 Å². The first-order valence-electron chi connectivity index (χ1n) is 6.51. The molecule has 1 aromatic rings. The Labute approximate surface area is 102 Å². The third kappa shape index (κ3) is 3.06. The summed E-state index contributed by atoms with van der Waals surface area (Å²) in [7, 11) is 0. The van der Waals surface area contributed by atoms with E-state index >= 15 is 0 Å². The van der Waals surface area contributed by atoms with Crippen molar-refractivity contribution >= 4 is 0 Å². The highest BCUT2D eigenvalue weighted by Crippen LogP contribution is 2.31. The lowest BCUT2D eigenvalue weighted by molar-refractivity contribution is 0.341. The Balaban J connectivity index is 1.97. The Kier molecular flexibility index (Phi) is 4.13. The molecule has 0 amide bonds. The van der Waals surface area contributed by atoms with Crippen LogP contribution in [0.1, 0.15) is 75.4 Å². The largest absolute Gasteiger partial charge is 0.339 e. The molecule has 0 bridgehead atoms. The van der Waals surface area contributed by atoms with Crippen LogP contribution in [0.2, 0.25) is 0 Å². The van der Waals surface area contributed by atoms with E-state index in [9.17, 15) is 0 Å². The normalized spacial score (nSPS) is 18.8. The zero-order valence-corrected chi connectivity index (χ0v) is 10.4. The summed E-state index contributed by atoms with van der Waals surface area (Å²) < 4.78 is 5.31. The maximum Gasteiger partial charge on any atom is 0.229 e. The van der Waals surface area contributed by atoms with E-state index in [-0.39, 0.29) is 5.92 Å². The van der Waals surface area contributed by atoms with E-state index in [1.807, 2.05) is 6.92 Å². The molecule has 0 radical (unpaired) electrons. The molecule has 1 aliphatic rings. The molecule has 2 rings (SSSR count). The van der Waals surface area contributed by atoms with Crippen molar-refractivity contribution in [2.45, 2.75) is 63.7 Å². The first-order valence-corrected chi connectivity index (χ1v) is 6.51. The van der Waals surface area contributed by atoms with Gasteiger partial charge in [0.1, 0.15) is 0 Å². The van der Waals surface area contributed by atoms with E-state index in [1.165, 1.54) is 32.1 Å². The van der Waals surface area contributed by atoms with E-state index in [0.29, 0.717) is 18.2 Å². The van der Waals surface area contributed by atoms with Crippen LogP contribution in [-0.4, -0.2) is 10.1 Å². The van der Waals surface area contributed by atoms with Crippen LogP contribution in [0.15, 0.2) is 4.52 Å². The fraction of sp³-hybridized carbons (Fsp3) is 0.769. The van der Waals surface area contributed by atoms with Crippen LogP contribution in [0, 0.1) is 11.3 Å². The number of nitrogens with zero attached hydrogens (tertiary/aromatic N) is 3. The highest BCUT2D eigenvalue weighted by Gasteiger charge is 2.22. The highest BCUT2D eigenvalue weighted by molar-refractivity contribution is 4.99. The van der Waals surface area contributed by atoms with Gasteiger partial charge >= 0.3 is 0 Å². The average molecular weight is 233 g/mol. The Bertz CT molecular complexity index is 388. The highest BCUT2D eigenvalue weighted by atomic mass is 16.5. The van der Waals surface area contributed by atoms with Crippen molar-refractivity contribution < 1.29 is 4.52 Å². The number of nitriles is 1. The maximum atomic E-state index is 8.55. The Morgan fingerprint density at radius 1 is 1.41 bits per heavy atom. The molecule has 0 saturated heterocycles. The van der Waals surface area contributed by atoms with Crippen molar-refractivity contribution in [2.24, 2.45) is 0 Å². The van der Waals surface area contributed by atoms with Gasteiger partial charge in [0.15, 0.2) is 5.82 Å². The zero-order valence-electron chi connectivity index (χ0n) is 10.4. The van der Waals surface area contributed by atoms with E-state index in [0.717, 1.165) is 12.2 Å². The molecule has 1 unspecified atom stereocenters. The molecule has 1 aromatic heterocycles. The van der Waals surface area contributed by atoms with Gasteiger partial charge in [-0.1, -0.05) is 31.3 Å². The minimum atomic E-state index is 0.194. The molecule has 1 heterocycles. The van der Waals surface area contributed by atoms with Crippen LogP contribution in [-0.2, 0) is 0 Å². The maximum absolute atomic E-state index is 8.55. The van der Waals surface area contributed by atoms with Gasteiger partial charge in [0.05, 0.1) is 6.07 Å². The second kappa shape index (κ2) is 5.81. The fourth-order valence-electron chi connectivity index (χ4n) is 2.38. The summed E-state index contributed by atoms with van der Waals surface area (Å²) in [6.07, 6.45) is 7.60. The van der Waals surface area contributed by atoms with Gasteiger partial charge in [-0.2, -0.15) is 10.2 Å². The molecule has 1 atom stereocenters. The number of hydrogen-bond acceptors (Lipinski definition) is 4. The number of hydrogen-bond donors (Lipinski definition) is 0. The quantitative estimate of drug-likeness (QED) is 0.798. The first kappa shape index (κ1) is 12.1. The molecular weight excluding hydrogens is 214 g/mol. The van der Waals surface area contributed by atoms with Crippen LogP contribution in [0.4, 0.5) is 0 Å². The van der Waals surface area contributed by atoms with Crippen molar-refractivity contribution in [2.75, 3.05) is 0 Å². The summed E-state index contributed by atoms with van der Waals surface area (Å²) in [6, 6.07) is 2.15.